The Morgan fingerprint density at radius 1 is 0.632 bits per heavy atom. The zero-order valence-electron chi connectivity index (χ0n) is 9.71. The summed E-state index contributed by atoms with van der Waals surface area (Å²) >= 11 is 0. The van der Waals surface area contributed by atoms with Crippen LogP contribution in [0.15, 0.2) is 38.0 Å². The lowest BCUT2D eigenvalue weighted by molar-refractivity contribution is -0.310. The summed E-state index contributed by atoms with van der Waals surface area (Å²) in [6, 6.07) is 0. The molecule has 0 unspecified atom stereocenters. The highest BCUT2D eigenvalue weighted by Crippen LogP contribution is 2.48. The maximum atomic E-state index is 9.13. The smallest absolute Gasteiger partial charge is 0.340 e. The van der Waals surface area contributed by atoms with Crippen LogP contribution in [0.25, 0.3) is 0 Å². The summed E-state index contributed by atoms with van der Waals surface area (Å²) in [5.74, 6) is -8.92. The lowest BCUT2D eigenvalue weighted by atomic mass is 10.6. The van der Waals surface area contributed by atoms with Crippen LogP contribution in [0.2, 0.25) is 0 Å². The highest BCUT2D eigenvalue weighted by molar-refractivity contribution is 7.41. The number of aliphatic hydroxyl groups is 6. The first-order chi connectivity index (χ1) is 8.47. The summed E-state index contributed by atoms with van der Waals surface area (Å²) in [6.07, 6.45) is 1.51. The molecule has 0 heterocycles. The minimum absolute atomic E-state index is 0.504. The molecule has 110 valence electrons. The van der Waals surface area contributed by atoms with Crippen molar-refractivity contribution in [2.45, 2.75) is 17.9 Å². The number of hydrogen-bond donors (Lipinski definition) is 6. The first-order valence-corrected chi connectivity index (χ1v) is 5.69. The van der Waals surface area contributed by atoms with Crippen molar-refractivity contribution in [2.24, 2.45) is 0 Å². The molecule has 6 N–H and O–H groups in total. The van der Waals surface area contributed by atoms with Crippen LogP contribution in [0.3, 0.4) is 0 Å². The van der Waals surface area contributed by atoms with Gasteiger partial charge in [-0.25, -0.2) is 13.6 Å². The number of rotatable bonds is 9. The van der Waals surface area contributed by atoms with Crippen molar-refractivity contribution in [3.63, 3.8) is 0 Å². The van der Waals surface area contributed by atoms with Crippen molar-refractivity contribution in [3.8, 4) is 0 Å². The van der Waals surface area contributed by atoms with Crippen LogP contribution in [-0.4, -0.2) is 48.6 Å². The molecule has 0 aromatic heterocycles. The Morgan fingerprint density at radius 2 is 0.842 bits per heavy atom. The van der Waals surface area contributed by atoms with Crippen LogP contribution in [0.1, 0.15) is 0 Å². The van der Waals surface area contributed by atoms with Gasteiger partial charge in [-0.1, -0.05) is 19.7 Å². The highest BCUT2D eigenvalue weighted by atomic mass is 31.2. The Balaban J connectivity index is 4.99. The van der Waals surface area contributed by atoms with Gasteiger partial charge >= 0.3 is 26.5 Å². The molecular formula is C9H15O9P. The van der Waals surface area contributed by atoms with E-state index in [0.717, 1.165) is 0 Å². The average molecular weight is 298 g/mol. The molecule has 0 radical (unpaired) electrons. The molecular weight excluding hydrogens is 283 g/mol. The van der Waals surface area contributed by atoms with Gasteiger partial charge in [0.05, 0.1) is 0 Å². The van der Waals surface area contributed by atoms with E-state index in [1.807, 2.05) is 0 Å². The summed E-state index contributed by atoms with van der Waals surface area (Å²) in [6.45, 7) is 9.01. The van der Waals surface area contributed by atoms with Crippen molar-refractivity contribution < 1.29 is 44.2 Å². The van der Waals surface area contributed by atoms with Crippen LogP contribution in [-0.2, 0) is 13.6 Å². The zero-order valence-corrected chi connectivity index (χ0v) is 10.6. The highest BCUT2D eigenvalue weighted by Gasteiger charge is 2.39. The van der Waals surface area contributed by atoms with Gasteiger partial charge in [0.25, 0.3) is 0 Å². The fraction of sp³-hybridized carbons (Fsp3) is 0.333. The van der Waals surface area contributed by atoms with Crippen LogP contribution >= 0.6 is 8.60 Å². The Bertz CT molecular complexity index is 286. The van der Waals surface area contributed by atoms with Gasteiger partial charge in [0, 0.05) is 0 Å². The van der Waals surface area contributed by atoms with Gasteiger partial charge in [-0.15, -0.1) is 0 Å². The van der Waals surface area contributed by atoms with Gasteiger partial charge in [0.2, 0.25) is 0 Å². The summed E-state index contributed by atoms with van der Waals surface area (Å²) in [5, 5.41) is 54.8. The molecule has 0 rings (SSSR count). The predicted molar refractivity (Wildman–Crippen MR) is 62.3 cm³/mol. The van der Waals surface area contributed by atoms with Gasteiger partial charge < -0.3 is 30.6 Å². The molecule has 9 nitrogen and oxygen atoms in total. The van der Waals surface area contributed by atoms with Gasteiger partial charge in [0.1, 0.15) is 0 Å². The molecule has 0 spiro atoms. The third-order valence-corrected chi connectivity index (χ3v) is 2.68. The number of hydrogen-bond acceptors (Lipinski definition) is 9. The summed E-state index contributed by atoms with van der Waals surface area (Å²) in [4.78, 5) is 0. The SMILES string of the molecule is C=CC(O)(O)OP(OC(O)(O)C=C)OC(O)(O)C=C. The van der Waals surface area contributed by atoms with E-state index in [0.29, 0.717) is 18.2 Å². The predicted octanol–water partition coefficient (Wildman–Crippen LogP) is -1.26. The molecule has 0 aliphatic carbocycles. The minimum Gasteiger partial charge on any atom is -0.340 e. The van der Waals surface area contributed by atoms with Crippen LogP contribution in [0.5, 0.6) is 0 Å². The molecule has 0 aromatic rings. The van der Waals surface area contributed by atoms with E-state index in [9.17, 15) is 0 Å². The van der Waals surface area contributed by atoms with Crippen molar-refractivity contribution in [1.82, 2.24) is 0 Å². The Labute approximate surface area is 109 Å². The van der Waals surface area contributed by atoms with E-state index in [2.05, 4.69) is 33.3 Å². The molecule has 0 amide bonds. The van der Waals surface area contributed by atoms with Crippen molar-refractivity contribution in [2.75, 3.05) is 0 Å². The first-order valence-electron chi connectivity index (χ1n) is 4.59. The van der Waals surface area contributed by atoms with E-state index in [1.165, 1.54) is 0 Å². The summed E-state index contributed by atoms with van der Waals surface area (Å²) in [7, 11) is -3.06. The lowest BCUT2D eigenvalue weighted by Gasteiger charge is -2.29. The van der Waals surface area contributed by atoms with Crippen LogP contribution in [0.4, 0.5) is 0 Å². The molecule has 0 saturated carbocycles. The Morgan fingerprint density at radius 3 is 1.00 bits per heavy atom. The van der Waals surface area contributed by atoms with Crippen molar-refractivity contribution >= 4 is 8.60 Å². The van der Waals surface area contributed by atoms with Crippen LogP contribution in [0, 0.1) is 0 Å². The van der Waals surface area contributed by atoms with Crippen molar-refractivity contribution in [1.29, 1.82) is 0 Å². The lowest BCUT2D eigenvalue weighted by Crippen LogP contribution is -2.35. The average Bonchev–Trinajstić information content (AvgIpc) is 2.27. The molecule has 0 aliphatic rings. The maximum absolute atomic E-state index is 9.13. The van der Waals surface area contributed by atoms with Gasteiger partial charge in [-0.3, -0.25) is 0 Å². The second-order valence-electron chi connectivity index (χ2n) is 3.09. The zero-order chi connectivity index (χ0) is 15.3. The van der Waals surface area contributed by atoms with Crippen LogP contribution < -0.4 is 0 Å². The van der Waals surface area contributed by atoms with E-state index < -0.39 is 26.5 Å². The van der Waals surface area contributed by atoms with Gasteiger partial charge in [0.15, 0.2) is 0 Å². The quantitative estimate of drug-likeness (QED) is 0.174. The maximum Gasteiger partial charge on any atom is 0.346 e. The largest absolute Gasteiger partial charge is 0.346 e. The van der Waals surface area contributed by atoms with E-state index in [-0.39, 0.29) is 0 Å². The minimum atomic E-state index is -3.06. The monoisotopic (exact) mass is 298 g/mol. The third-order valence-electron chi connectivity index (χ3n) is 1.42. The summed E-state index contributed by atoms with van der Waals surface area (Å²) in [5.41, 5.74) is 0. The third kappa shape index (κ3) is 7.45. The van der Waals surface area contributed by atoms with E-state index >= 15 is 0 Å². The fourth-order valence-electron chi connectivity index (χ4n) is 0.497. The standard InChI is InChI=1S/C9H15O9P/c1-4-7(10,11)16-19(17-8(12,13)5-2)18-9(14,15)6-3/h4-6,10-15H,1-3H2. The first kappa shape index (κ1) is 18.3. The molecule has 0 bridgehead atoms. The molecule has 0 aliphatic heterocycles. The molecule has 19 heavy (non-hydrogen) atoms. The normalized spacial score (nSPS) is 13.4. The van der Waals surface area contributed by atoms with E-state index in [1.54, 1.807) is 0 Å². The fourth-order valence-corrected chi connectivity index (χ4v) is 1.49. The molecule has 0 saturated heterocycles. The second kappa shape index (κ2) is 6.64. The van der Waals surface area contributed by atoms with Crippen molar-refractivity contribution in [3.05, 3.63) is 38.0 Å². The molecule has 0 atom stereocenters. The molecule has 0 aromatic carbocycles. The van der Waals surface area contributed by atoms with Gasteiger partial charge in [-0.05, 0) is 18.2 Å². The molecule has 10 heteroatoms. The summed E-state index contributed by atoms with van der Waals surface area (Å²) < 4.78 is 13.0. The van der Waals surface area contributed by atoms with E-state index in [4.69, 9.17) is 30.6 Å². The second-order valence-corrected chi connectivity index (χ2v) is 4.08. The Kier molecular flexibility index (Phi) is 6.39. The topological polar surface area (TPSA) is 149 Å². The van der Waals surface area contributed by atoms with Gasteiger partial charge in [-0.2, -0.15) is 0 Å². The Hall–Kier alpha value is -0.710. The molecule has 0 fully saturated rings.